The van der Waals surface area contributed by atoms with Crippen LogP contribution in [0, 0.1) is 0 Å². The van der Waals surface area contributed by atoms with Crippen LogP contribution in [0.15, 0.2) is 73.1 Å². The van der Waals surface area contributed by atoms with E-state index in [1.54, 1.807) is 24.3 Å². The van der Waals surface area contributed by atoms with Gasteiger partial charge in [-0.15, -0.1) is 0 Å². The van der Waals surface area contributed by atoms with Crippen molar-refractivity contribution in [3.8, 4) is 5.75 Å². The number of nitrogens with zero attached hydrogens (tertiary/aromatic N) is 2. The summed E-state index contributed by atoms with van der Waals surface area (Å²) in [6, 6.07) is 20.3. The number of hydrogen-bond donors (Lipinski definition) is 2. The number of primary amides is 1. The number of Topliss-reactive ketones (excluding diaryl/α,β-unsaturated/α-hetero) is 1. The fourth-order valence-electron chi connectivity index (χ4n) is 3.65. The number of rotatable bonds is 9. The molecule has 4 rings (SSSR count). The number of aromatic nitrogens is 2. The number of para-hydroxylation sites is 1. The number of anilines is 1. The molecule has 0 radical (unpaired) electrons. The molecule has 0 unspecified atom stereocenters. The number of ether oxygens (including phenoxy) is 1. The Morgan fingerprint density at radius 3 is 2.48 bits per heavy atom. The van der Waals surface area contributed by atoms with E-state index in [0.29, 0.717) is 42.0 Å². The van der Waals surface area contributed by atoms with Gasteiger partial charge in [0.15, 0.2) is 5.78 Å². The lowest BCUT2D eigenvalue weighted by Gasteiger charge is -2.11. The van der Waals surface area contributed by atoms with Crippen LogP contribution in [0.5, 0.6) is 5.75 Å². The third kappa shape index (κ3) is 5.15. The average molecular weight is 441 g/mol. The number of fused-ring (bicyclic) bond motifs is 1. The topological polar surface area (TPSA) is 107 Å². The van der Waals surface area contributed by atoms with E-state index >= 15 is 0 Å². The highest BCUT2D eigenvalue weighted by Crippen LogP contribution is 2.23. The van der Waals surface area contributed by atoms with Crippen molar-refractivity contribution < 1.29 is 14.3 Å². The normalized spacial score (nSPS) is 10.7. The van der Waals surface area contributed by atoms with E-state index in [9.17, 15) is 9.59 Å². The molecule has 1 aromatic heterocycles. The fraction of sp³-hybridized carbons (Fsp3) is 0.154. The van der Waals surface area contributed by atoms with Crippen molar-refractivity contribution in [2.45, 2.75) is 19.9 Å². The van der Waals surface area contributed by atoms with Crippen LogP contribution in [0.3, 0.4) is 0 Å². The highest BCUT2D eigenvalue weighted by Gasteiger charge is 2.12. The first-order chi connectivity index (χ1) is 16.0. The van der Waals surface area contributed by atoms with E-state index < -0.39 is 5.91 Å². The molecule has 1 heterocycles. The van der Waals surface area contributed by atoms with Crippen molar-refractivity contribution in [3.05, 3.63) is 95.3 Å². The molecule has 7 heteroatoms. The number of ketones is 1. The highest BCUT2D eigenvalue weighted by molar-refractivity contribution is 6.06. The molecule has 0 aliphatic carbocycles. The average Bonchev–Trinajstić information content (AvgIpc) is 2.83. The second-order valence-electron chi connectivity index (χ2n) is 7.52. The van der Waals surface area contributed by atoms with Crippen LogP contribution in [0.2, 0.25) is 0 Å². The van der Waals surface area contributed by atoms with Crippen LogP contribution in [0.25, 0.3) is 10.9 Å². The zero-order valence-electron chi connectivity index (χ0n) is 18.2. The Kier molecular flexibility index (Phi) is 6.59. The molecule has 0 aliphatic rings. The minimum Gasteiger partial charge on any atom is -0.494 e. The molecule has 0 saturated carbocycles. The van der Waals surface area contributed by atoms with E-state index in [1.165, 1.54) is 6.33 Å². The molecule has 0 aliphatic heterocycles. The Labute approximate surface area is 191 Å². The summed E-state index contributed by atoms with van der Waals surface area (Å²) >= 11 is 0. The summed E-state index contributed by atoms with van der Waals surface area (Å²) in [6.07, 6.45) is 1.71. The van der Waals surface area contributed by atoms with Crippen LogP contribution >= 0.6 is 0 Å². The second-order valence-corrected chi connectivity index (χ2v) is 7.52. The van der Waals surface area contributed by atoms with Gasteiger partial charge in [-0.25, -0.2) is 9.97 Å². The number of amides is 1. The van der Waals surface area contributed by atoms with Gasteiger partial charge in [0, 0.05) is 23.9 Å². The number of nitrogens with one attached hydrogen (secondary N) is 1. The molecule has 0 bridgehead atoms. The van der Waals surface area contributed by atoms with Crippen molar-refractivity contribution in [1.29, 1.82) is 0 Å². The van der Waals surface area contributed by atoms with Gasteiger partial charge in [-0.05, 0) is 54.4 Å². The molecule has 3 aromatic carbocycles. The zero-order valence-corrected chi connectivity index (χ0v) is 18.2. The molecular weight excluding hydrogens is 416 g/mol. The largest absolute Gasteiger partial charge is 0.494 e. The molecule has 33 heavy (non-hydrogen) atoms. The zero-order chi connectivity index (χ0) is 23.2. The van der Waals surface area contributed by atoms with Gasteiger partial charge in [-0.3, -0.25) is 9.59 Å². The number of nitrogens with two attached hydrogens (primary N) is 1. The monoisotopic (exact) mass is 440 g/mol. The van der Waals surface area contributed by atoms with Crippen LogP contribution in [-0.2, 0) is 13.0 Å². The maximum Gasteiger partial charge on any atom is 0.250 e. The lowest BCUT2D eigenvalue weighted by atomic mass is 10.0. The van der Waals surface area contributed by atoms with Crippen molar-refractivity contribution in [2.75, 3.05) is 11.9 Å². The second kappa shape index (κ2) is 9.91. The molecule has 0 fully saturated rings. The molecule has 1 amide bonds. The van der Waals surface area contributed by atoms with Crippen molar-refractivity contribution in [2.24, 2.45) is 5.73 Å². The Morgan fingerprint density at radius 1 is 0.970 bits per heavy atom. The third-order valence-corrected chi connectivity index (χ3v) is 5.23. The first kappa shape index (κ1) is 22.0. The van der Waals surface area contributed by atoms with Gasteiger partial charge in [0.1, 0.15) is 17.9 Å². The summed E-state index contributed by atoms with van der Waals surface area (Å²) in [6.45, 7) is 3.01. The van der Waals surface area contributed by atoms with Gasteiger partial charge in [-0.1, -0.05) is 30.3 Å². The number of carbonyl (C=O) groups is 2. The predicted octanol–water partition coefficient (Wildman–Crippen LogP) is 4.16. The molecule has 166 valence electrons. The van der Waals surface area contributed by atoms with Crippen LogP contribution < -0.4 is 15.8 Å². The first-order valence-corrected chi connectivity index (χ1v) is 10.7. The van der Waals surface area contributed by atoms with Gasteiger partial charge in [0.05, 0.1) is 17.7 Å². The van der Waals surface area contributed by atoms with Crippen LogP contribution in [-0.4, -0.2) is 28.3 Å². The van der Waals surface area contributed by atoms with E-state index in [1.807, 2.05) is 49.4 Å². The maximum absolute atomic E-state index is 12.7. The van der Waals surface area contributed by atoms with E-state index in [-0.39, 0.29) is 5.78 Å². The summed E-state index contributed by atoms with van der Waals surface area (Å²) in [5.41, 5.74) is 8.91. The number of carbonyl (C=O) groups excluding carboxylic acids is 2. The van der Waals surface area contributed by atoms with E-state index in [2.05, 4.69) is 15.3 Å². The van der Waals surface area contributed by atoms with Gasteiger partial charge < -0.3 is 15.8 Å². The summed E-state index contributed by atoms with van der Waals surface area (Å²) in [7, 11) is 0. The summed E-state index contributed by atoms with van der Waals surface area (Å²) in [5, 5.41) is 4.02. The van der Waals surface area contributed by atoms with Crippen molar-refractivity contribution >= 4 is 28.4 Å². The lowest BCUT2D eigenvalue weighted by molar-refractivity contribution is 0.0988. The van der Waals surface area contributed by atoms with E-state index in [4.69, 9.17) is 10.5 Å². The Bertz CT molecular complexity index is 1300. The van der Waals surface area contributed by atoms with Gasteiger partial charge in [0.25, 0.3) is 5.91 Å². The van der Waals surface area contributed by atoms with E-state index in [0.717, 1.165) is 22.3 Å². The molecular formula is C26H24N4O3. The lowest BCUT2D eigenvalue weighted by Crippen LogP contribution is -2.12. The standard InChI is InChI=1S/C26H24N4O3/c1-2-33-20-11-9-19(10-12-20)23(31)14-17-5-3-6-18(13-17)15-28-26-22-8-4-7-21(25(27)32)24(22)29-16-30-26/h3-13,16H,2,14-15H2,1H3,(H2,27,32)(H,28,29,30). The smallest absolute Gasteiger partial charge is 0.250 e. The van der Waals surface area contributed by atoms with Crippen molar-refractivity contribution in [1.82, 2.24) is 9.97 Å². The maximum atomic E-state index is 12.7. The van der Waals surface area contributed by atoms with Gasteiger partial charge >= 0.3 is 0 Å². The Balaban J connectivity index is 1.46. The van der Waals surface area contributed by atoms with Crippen LogP contribution in [0.4, 0.5) is 5.82 Å². The minimum absolute atomic E-state index is 0.0453. The SMILES string of the molecule is CCOc1ccc(C(=O)Cc2cccc(CNc3ncnc4c(C(N)=O)cccc34)c2)cc1. The molecule has 0 atom stereocenters. The van der Waals surface area contributed by atoms with Gasteiger partial charge in [0.2, 0.25) is 0 Å². The van der Waals surface area contributed by atoms with Crippen molar-refractivity contribution in [3.63, 3.8) is 0 Å². The molecule has 3 N–H and O–H groups in total. The molecule has 7 nitrogen and oxygen atoms in total. The van der Waals surface area contributed by atoms with Crippen LogP contribution in [0.1, 0.15) is 38.8 Å². The summed E-state index contributed by atoms with van der Waals surface area (Å²) in [4.78, 5) is 32.9. The Hall–Kier alpha value is -4.26. The molecule has 4 aromatic rings. The summed E-state index contributed by atoms with van der Waals surface area (Å²) < 4.78 is 5.43. The molecule has 0 spiro atoms. The highest BCUT2D eigenvalue weighted by atomic mass is 16.5. The first-order valence-electron chi connectivity index (χ1n) is 10.7. The fourth-order valence-corrected chi connectivity index (χ4v) is 3.65. The number of benzene rings is 3. The number of hydrogen-bond acceptors (Lipinski definition) is 6. The molecule has 0 saturated heterocycles. The third-order valence-electron chi connectivity index (χ3n) is 5.23. The quantitative estimate of drug-likeness (QED) is 0.378. The predicted molar refractivity (Wildman–Crippen MR) is 127 cm³/mol. The Morgan fingerprint density at radius 2 is 1.73 bits per heavy atom. The van der Waals surface area contributed by atoms with Gasteiger partial charge in [-0.2, -0.15) is 0 Å². The minimum atomic E-state index is -0.532. The summed E-state index contributed by atoms with van der Waals surface area (Å²) in [5.74, 6) is 0.875.